The Morgan fingerprint density at radius 1 is 1.28 bits per heavy atom. The summed E-state index contributed by atoms with van der Waals surface area (Å²) in [5.74, 6) is 1.05. The maximum atomic E-state index is 5.45. The molecule has 1 unspecified atom stereocenters. The fourth-order valence-electron chi connectivity index (χ4n) is 2.71. The van der Waals surface area contributed by atoms with E-state index in [2.05, 4.69) is 51.2 Å². The number of likely N-dealkylation sites (tertiary alicyclic amines) is 1. The Balaban J connectivity index is 1.79. The molecule has 1 aliphatic heterocycles. The molecule has 3 heteroatoms. The molecule has 0 saturated carbocycles. The number of halogens is 1. The standard InChI is InChI=1S/C15H16BrNO/c16-13-5-1-4-12(10-13)15-7-2-8-17(15)11-14-6-3-9-18-14/h1,3-6,9-10,15H,2,7-8,11H2. The second-order valence-corrected chi connectivity index (χ2v) is 5.68. The molecule has 2 aromatic rings. The SMILES string of the molecule is Brc1cccc(C2CCCN2Cc2ccco2)c1. The summed E-state index contributed by atoms with van der Waals surface area (Å²) in [6.07, 6.45) is 4.24. The van der Waals surface area contributed by atoms with Crippen LogP contribution in [-0.4, -0.2) is 11.4 Å². The van der Waals surface area contributed by atoms with Gasteiger partial charge in [0.1, 0.15) is 5.76 Å². The van der Waals surface area contributed by atoms with E-state index < -0.39 is 0 Å². The van der Waals surface area contributed by atoms with Crippen LogP contribution in [-0.2, 0) is 6.54 Å². The third-order valence-electron chi connectivity index (χ3n) is 3.54. The molecule has 1 aromatic carbocycles. The largest absolute Gasteiger partial charge is 0.468 e. The highest BCUT2D eigenvalue weighted by molar-refractivity contribution is 9.10. The van der Waals surface area contributed by atoms with Crippen molar-refractivity contribution in [2.24, 2.45) is 0 Å². The molecule has 0 bridgehead atoms. The molecule has 1 atom stereocenters. The molecule has 94 valence electrons. The minimum Gasteiger partial charge on any atom is -0.468 e. The molecule has 2 heterocycles. The van der Waals surface area contributed by atoms with Crippen LogP contribution in [0.25, 0.3) is 0 Å². The van der Waals surface area contributed by atoms with Gasteiger partial charge in [-0.05, 0) is 49.2 Å². The summed E-state index contributed by atoms with van der Waals surface area (Å²) in [5, 5.41) is 0. The maximum Gasteiger partial charge on any atom is 0.117 e. The topological polar surface area (TPSA) is 16.4 Å². The molecule has 0 N–H and O–H groups in total. The number of furan rings is 1. The van der Waals surface area contributed by atoms with Crippen LogP contribution in [0.15, 0.2) is 51.6 Å². The van der Waals surface area contributed by atoms with Gasteiger partial charge in [0, 0.05) is 10.5 Å². The van der Waals surface area contributed by atoms with Crippen molar-refractivity contribution in [3.05, 3.63) is 58.5 Å². The van der Waals surface area contributed by atoms with Crippen molar-refractivity contribution in [1.29, 1.82) is 0 Å². The predicted molar refractivity (Wildman–Crippen MR) is 75.2 cm³/mol. The lowest BCUT2D eigenvalue weighted by molar-refractivity contribution is 0.228. The third kappa shape index (κ3) is 2.52. The van der Waals surface area contributed by atoms with Crippen molar-refractivity contribution in [3.63, 3.8) is 0 Å². The highest BCUT2D eigenvalue weighted by Gasteiger charge is 2.26. The first-order valence-corrected chi connectivity index (χ1v) is 7.14. The molecule has 1 saturated heterocycles. The van der Waals surface area contributed by atoms with Crippen molar-refractivity contribution in [3.8, 4) is 0 Å². The smallest absolute Gasteiger partial charge is 0.117 e. The van der Waals surface area contributed by atoms with E-state index in [1.165, 1.54) is 18.4 Å². The Morgan fingerprint density at radius 2 is 2.22 bits per heavy atom. The van der Waals surface area contributed by atoms with E-state index in [9.17, 15) is 0 Å². The van der Waals surface area contributed by atoms with E-state index in [4.69, 9.17) is 4.42 Å². The van der Waals surface area contributed by atoms with Crippen molar-refractivity contribution in [1.82, 2.24) is 4.90 Å². The second kappa shape index (κ2) is 5.29. The Bertz CT molecular complexity index is 509. The highest BCUT2D eigenvalue weighted by Crippen LogP contribution is 2.34. The van der Waals surface area contributed by atoms with Crippen molar-refractivity contribution >= 4 is 15.9 Å². The van der Waals surface area contributed by atoms with E-state index >= 15 is 0 Å². The first kappa shape index (κ1) is 12.0. The van der Waals surface area contributed by atoms with E-state index in [1.54, 1.807) is 6.26 Å². The van der Waals surface area contributed by atoms with Gasteiger partial charge in [-0.15, -0.1) is 0 Å². The number of hydrogen-bond acceptors (Lipinski definition) is 2. The zero-order chi connectivity index (χ0) is 12.4. The zero-order valence-electron chi connectivity index (χ0n) is 10.2. The first-order chi connectivity index (χ1) is 8.83. The molecule has 0 aliphatic carbocycles. The summed E-state index contributed by atoms with van der Waals surface area (Å²) < 4.78 is 6.61. The summed E-state index contributed by atoms with van der Waals surface area (Å²) >= 11 is 3.55. The average Bonchev–Trinajstić information content (AvgIpc) is 3.01. The van der Waals surface area contributed by atoms with Gasteiger partial charge in [-0.1, -0.05) is 28.1 Å². The minimum atomic E-state index is 0.521. The average molecular weight is 306 g/mol. The summed E-state index contributed by atoms with van der Waals surface area (Å²) in [6, 6.07) is 13.2. The molecular weight excluding hydrogens is 290 g/mol. The summed E-state index contributed by atoms with van der Waals surface area (Å²) in [5.41, 5.74) is 1.40. The van der Waals surface area contributed by atoms with Crippen LogP contribution < -0.4 is 0 Å². The van der Waals surface area contributed by atoms with Gasteiger partial charge >= 0.3 is 0 Å². The molecular formula is C15H16BrNO. The molecule has 18 heavy (non-hydrogen) atoms. The first-order valence-electron chi connectivity index (χ1n) is 6.35. The molecule has 1 aromatic heterocycles. The number of nitrogens with zero attached hydrogens (tertiary/aromatic N) is 1. The Morgan fingerprint density at radius 3 is 3.00 bits per heavy atom. The fourth-order valence-corrected chi connectivity index (χ4v) is 3.13. The normalized spacial score (nSPS) is 20.4. The monoisotopic (exact) mass is 305 g/mol. The van der Waals surface area contributed by atoms with Gasteiger partial charge in [-0.2, -0.15) is 0 Å². The summed E-state index contributed by atoms with van der Waals surface area (Å²) in [6.45, 7) is 2.06. The molecule has 2 nitrogen and oxygen atoms in total. The van der Waals surface area contributed by atoms with Crippen LogP contribution >= 0.6 is 15.9 Å². The van der Waals surface area contributed by atoms with Crippen LogP contribution in [0.3, 0.4) is 0 Å². The molecule has 0 amide bonds. The number of rotatable bonds is 3. The lowest BCUT2D eigenvalue weighted by Crippen LogP contribution is -2.22. The third-order valence-corrected chi connectivity index (χ3v) is 4.03. The van der Waals surface area contributed by atoms with Crippen LogP contribution in [0.2, 0.25) is 0 Å². The lowest BCUT2D eigenvalue weighted by atomic mass is 10.0. The van der Waals surface area contributed by atoms with E-state index in [-0.39, 0.29) is 0 Å². The van der Waals surface area contributed by atoms with Gasteiger partial charge < -0.3 is 4.42 Å². The molecule has 1 fully saturated rings. The highest BCUT2D eigenvalue weighted by atomic mass is 79.9. The summed E-state index contributed by atoms with van der Waals surface area (Å²) in [4.78, 5) is 2.50. The molecule has 0 radical (unpaired) electrons. The van der Waals surface area contributed by atoms with Crippen molar-refractivity contribution in [2.45, 2.75) is 25.4 Å². The fraction of sp³-hybridized carbons (Fsp3) is 0.333. The molecule has 1 aliphatic rings. The number of hydrogen-bond donors (Lipinski definition) is 0. The van der Waals surface area contributed by atoms with Gasteiger partial charge in [0.05, 0.1) is 12.8 Å². The van der Waals surface area contributed by atoms with Gasteiger partial charge in [-0.25, -0.2) is 0 Å². The lowest BCUT2D eigenvalue weighted by Gasteiger charge is -2.24. The van der Waals surface area contributed by atoms with Gasteiger partial charge in [0.2, 0.25) is 0 Å². The Kier molecular flexibility index (Phi) is 3.52. The molecule has 0 spiro atoms. The zero-order valence-corrected chi connectivity index (χ0v) is 11.8. The van der Waals surface area contributed by atoms with Crippen molar-refractivity contribution < 1.29 is 4.42 Å². The quantitative estimate of drug-likeness (QED) is 0.837. The van der Waals surface area contributed by atoms with Crippen molar-refractivity contribution in [2.75, 3.05) is 6.54 Å². The van der Waals surface area contributed by atoms with E-state index in [0.29, 0.717) is 6.04 Å². The molecule has 3 rings (SSSR count). The Labute approximate surface area is 116 Å². The second-order valence-electron chi connectivity index (χ2n) is 4.76. The van der Waals surface area contributed by atoms with Crippen LogP contribution in [0.4, 0.5) is 0 Å². The Hall–Kier alpha value is -1.06. The maximum absolute atomic E-state index is 5.45. The predicted octanol–water partition coefficient (Wildman–Crippen LogP) is 4.38. The van der Waals surface area contributed by atoms with Gasteiger partial charge in [0.25, 0.3) is 0 Å². The summed E-state index contributed by atoms with van der Waals surface area (Å²) in [7, 11) is 0. The van der Waals surface area contributed by atoms with E-state index in [0.717, 1.165) is 23.3 Å². The van der Waals surface area contributed by atoms with Crippen LogP contribution in [0, 0.1) is 0 Å². The van der Waals surface area contributed by atoms with Gasteiger partial charge in [-0.3, -0.25) is 4.90 Å². The van der Waals surface area contributed by atoms with Crippen LogP contribution in [0.1, 0.15) is 30.2 Å². The minimum absolute atomic E-state index is 0.521. The van der Waals surface area contributed by atoms with Gasteiger partial charge in [0.15, 0.2) is 0 Å². The van der Waals surface area contributed by atoms with Crippen LogP contribution in [0.5, 0.6) is 0 Å². The number of benzene rings is 1. The van der Waals surface area contributed by atoms with E-state index in [1.807, 2.05) is 6.07 Å².